The van der Waals surface area contributed by atoms with Crippen LogP contribution < -0.4 is 15.0 Å². The van der Waals surface area contributed by atoms with Crippen molar-refractivity contribution >= 4 is 11.6 Å². The van der Waals surface area contributed by atoms with Crippen molar-refractivity contribution in [2.75, 3.05) is 18.0 Å². The number of ether oxygens (including phenoxy) is 1. The SMILES string of the molecule is Cc1ccc(C)c(OC(C)C(=O)NC(C)c2ccc(N3CCC(C)CC3)cc2)c1. The molecule has 3 rings (SSSR count). The second kappa shape index (κ2) is 9.34. The number of nitrogens with zero attached hydrogens (tertiary/aromatic N) is 1. The van der Waals surface area contributed by atoms with E-state index in [4.69, 9.17) is 4.74 Å². The van der Waals surface area contributed by atoms with Crippen LogP contribution in [0.15, 0.2) is 42.5 Å². The molecule has 1 amide bonds. The molecule has 1 aliphatic rings. The molecule has 0 aliphatic carbocycles. The molecule has 1 N–H and O–H groups in total. The normalized spacial score (nSPS) is 16.9. The summed E-state index contributed by atoms with van der Waals surface area (Å²) in [5, 5.41) is 3.08. The highest BCUT2D eigenvalue weighted by Crippen LogP contribution is 2.25. The smallest absolute Gasteiger partial charge is 0.261 e. The zero-order valence-electron chi connectivity index (χ0n) is 18.4. The number of anilines is 1. The van der Waals surface area contributed by atoms with Gasteiger partial charge in [-0.15, -0.1) is 0 Å². The number of carbonyl (C=O) groups is 1. The second-order valence-corrected chi connectivity index (χ2v) is 8.52. The van der Waals surface area contributed by atoms with Crippen molar-refractivity contribution < 1.29 is 9.53 Å². The Morgan fingerprint density at radius 1 is 1.07 bits per heavy atom. The van der Waals surface area contributed by atoms with Gasteiger partial charge in [-0.1, -0.05) is 31.2 Å². The van der Waals surface area contributed by atoms with E-state index in [1.807, 2.05) is 39.0 Å². The molecule has 0 radical (unpaired) electrons. The van der Waals surface area contributed by atoms with Gasteiger partial charge in [-0.3, -0.25) is 4.79 Å². The predicted octanol–water partition coefficient (Wildman–Crippen LogP) is 5.18. The van der Waals surface area contributed by atoms with Crippen molar-refractivity contribution in [3.63, 3.8) is 0 Å². The number of nitrogens with one attached hydrogen (secondary N) is 1. The molecule has 2 aromatic rings. The highest BCUT2D eigenvalue weighted by Gasteiger charge is 2.19. The van der Waals surface area contributed by atoms with E-state index in [1.165, 1.54) is 18.5 Å². The molecule has 1 saturated heterocycles. The Hall–Kier alpha value is -2.49. The van der Waals surface area contributed by atoms with Gasteiger partial charge in [-0.2, -0.15) is 0 Å². The van der Waals surface area contributed by atoms with Crippen LogP contribution in [0.2, 0.25) is 0 Å². The summed E-state index contributed by atoms with van der Waals surface area (Å²) in [5.74, 6) is 1.49. The molecular formula is C25H34N2O2. The largest absolute Gasteiger partial charge is 0.481 e. The van der Waals surface area contributed by atoms with E-state index >= 15 is 0 Å². The molecule has 0 bridgehead atoms. The molecule has 0 aromatic heterocycles. The van der Waals surface area contributed by atoms with Gasteiger partial charge in [0, 0.05) is 18.8 Å². The maximum atomic E-state index is 12.6. The van der Waals surface area contributed by atoms with Crippen LogP contribution in [0.4, 0.5) is 5.69 Å². The molecule has 2 unspecified atom stereocenters. The first-order valence-corrected chi connectivity index (χ1v) is 10.7. The van der Waals surface area contributed by atoms with E-state index < -0.39 is 6.10 Å². The third-order valence-electron chi connectivity index (χ3n) is 5.92. The van der Waals surface area contributed by atoms with Gasteiger partial charge >= 0.3 is 0 Å². The van der Waals surface area contributed by atoms with E-state index in [9.17, 15) is 4.79 Å². The van der Waals surface area contributed by atoms with Gasteiger partial charge in [0.25, 0.3) is 5.91 Å². The van der Waals surface area contributed by atoms with E-state index in [2.05, 4.69) is 41.4 Å². The number of hydrogen-bond acceptors (Lipinski definition) is 3. The third kappa shape index (κ3) is 5.53. The molecule has 1 heterocycles. The summed E-state index contributed by atoms with van der Waals surface area (Å²) in [5.41, 5.74) is 4.53. The molecule has 4 heteroatoms. The van der Waals surface area contributed by atoms with Crippen molar-refractivity contribution in [2.24, 2.45) is 5.92 Å². The minimum atomic E-state index is -0.549. The van der Waals surface area contributed by atoms with Crippen molar-refractivity contribution in [1.82, 2.24) is 5.32 Å². The highest BCUT2D eigenvalue weighted by atomic mass is 16.5. The highest BCUT2D eigenvalue weighted by molar-refractivity contribution is 5.81. The lowest BCUT2D eigenvalue weighted by Gasteiger charge is -2.32. The number of aryl methyl sites for hydroxylation is 2. The van der Waals surface area contributed by atoms with Crippen molar-refractivity contribution in [3.05, 3.63) is 59.2 Å². The predicted molar refractivity (Wildman–Crippen MR) is 120 cm³/mol. The van der Waals surface area contributed by atoms with Crippen LogP contribution in [0.5, 0.6) is 5.75 Å². The number of amides is 1. The average molecular weight is 395 g/mol. The van der Waals surface area contributed by atoms with Crippen LogP contribution in [0, 0.1) is 19.8 Å². The zero-order chi connectivity index (χ0) is 21.0. The number of carbonyl (C=O) groups excluding carboxylic acids is 1. The van der Waals surface area contributed by atoms with Gasteiger partial charge in [-0.25, -0.2) is 0 Å². The Kier molecular flexibility index (Phi) is 6.83. The monoisotopic (exact) mass is 394 g/mol. The van der Waals surface area contributed by atoms with Gasteiger partial charge in [-0.05, 0) is 81.3 Å². The number of hydrogen-bond donors (Lipinski definition) is 1. The fourth-order valence-electron chi connectivity index (χ4n) is 3.73. The molecule has 1 fully saturated rings. The average Bonchev–Trinajstić information content (AvgIpc) is 2.71. The first-order chi connectivity index (χ1) is 13.8. The summed E-state index contributed by atoms with van der Waals surface area (Å²) >= 11 is 0. The van der Waals surface area contributed by atoms with Crippen molar-refractivity contribution in [3.8, 4) is 5.75 Å². The van der Waals surface area contributed by atoms with E-state index in [0.717, 1.165) is 41.4 Å². The lowest BCUT2D eigenvalue weighted by molar-refractivity contribution is -0.127. The summed E-state index contributed by atoms with van der Waals surface area (Å²) in [6.07, 6.45) is 1.96. The molecule has 156 valence electrons. The Bertz CT molecular complexity index is 823. The summed E-state index contributed by atoms with van der Waals surface area (Å²) < 4.78 is 5.91. The minimum Gasteiger partial charge on any atom is -0.481 e. The van der Waals surface area contributed by atoms with Crippen molar-refractivity contribution in [2.45, 2.75) is 59.6 Å². The minimum absolute atomic E-state index is 0.0671. The lowest BCUT2D eigenvalue weighted by Crippen LogP contribution is -2.38. The van der Waals surface area contributed by atoms with Gasteiger partial charge in [0.15, 0.2) is 6.10 Å². The summed E-state index contributed by atoms with van der Waals surface area (Å²) in [6, 6.07) is 14.5. The van der Waals surface area contributed by atoms with Gasteiger partial charge < -0.3 is 15.0 Å². The molecule has 0 spiro atoms. The summed E-state index contributed by atoms with van der Waals surface area (Å²) in [6.45, 7) is 12.4. The molecule has 2 atom stereocenters. The Morgan fingerprint density at radius 3 is 2.38 bits per heavy atom. The van der Waals surface area contributed by atoms with Crippen LogP contribution >= 0.6 is 0 Å². The van der Waals surface area contributed by atoms with Crippen LogP contribution in [0.25, 0.3) is 0 Å². The topological polar surface area (TPSA) is 41.6 Å². The Morgan fingerprint density at radius 2 is 1.72 bits per heavy atom. The van der Waals surface area contributed by atoms with Crippen LogP contribution in [0.3, 0.4) is 0 Å². The zero-order valence-corrected chi connectivity index (χ0v) is 18.4. The van der Waals surface area contributed by atoms with Gasteiger partial charge in [0.2, 0.25) is 0 Å². The van der Waals surface area contributed by atoms with E-state index in [1.54, 1.807) is 6.92 Å². The number of piperidine rings is 1. The van der Waals surface area contributed by atoms with Crippen LogP contribution in [-0.2, 0) is 4.79 Å². The van der Waals surface area contributed by atoms with Crippen LogP contribution in [-0.4, -0.2) is 25.1 Å². The molecule has 1 aliphatic heterocycles. The second-order valence-electron chi connectivity index (χ2n) is 8.52. The van der Waals surface area contributed by atoms with E-state index in [-0.39, 0.29) is 11.9 Å². The summed E-state index contributed by atoms with van der Waals surface area (Å²) in [7, 11) is 0. The molecule has 2 aromatic carbocycles. The lowest BCUT2D eigenvalue weighted by atomic mass is 9.98. The Balaban J connectivity index is 1.56. The standard InChI is InChI=1S/C25H34N2O2/c1-17-12-14-27(15-13-17)23-10-8-22(9-11-23)20(4)26-25(28)21(5)29-24-16-18(2)6-7-19(24)3/h6-11,16-17,20-21H,12-15H2,1-5H3,(H,26,28). The molecular weight excluding hydrogens is 360 g/mol. The number of rotatable bonds is 6. The third-order valence-corrected chi connectivity index (χ3v) is 5.92. The number of benzene rings is 2. The van der Waals surface area contributed by atoms with Gasteiger partial charge in [0.05, 0.1) is 6.04 Å². The fraction of sp³-hybridized carbons (Fsp3) is 0.480. The molecule has 0 saturated carbocycles. The quantitative estimate of drug-likeness (QED) is 0.733. The van der Waals surface area contributed by atoms with Gasteiger partial charge in [0.1, 0.15) is 5.75 Å². The molecule has 29 heavy (non-hydrogen) atoms. The first kappa shape index (κ1) is 21.2. The summed E-state index contributed by atoms with van der Waals surface area (Å²) in [4.78, 5) is 15.1. The maximum Gasteiger partial charge on any atom is 0.261 e. The first-order valence-electron chi connectivity index (χ1n) is 10.7. The fourth-order valence-corrected chi connectivity index (χ4v) is 3.73. The van der Waals surface area contributed by atoms with Crippen LogP contribution in [0.1, 0.15) is 56.3 Å². The van der Waals surface area contributed by atoms with Crippen molar-refractivity contribution in [1.29, 1.82) is 0 Å². The maximum absolute atomic E-state index is 12.6. The van der Waals surface area contributed by atoms with E-state index in [0.29, 0.717) is 0 Å². The Labute approximate surface area is 175 Å². The molecule has 4 nitrogen and oxygen atoms in total.